The smallest absolute Gasteiger partial charge is 0.333 e. The molecule has 6 nitrogen and oxygen atoms in total. The third-order valence-electron chi connectivity index (χ3n) is 3.71. The van der Waals surface area contributed by atoms with E-state index in [9.17, 15) is 10.1 Å². The van der Waals surface area contributed by atoms with E-state index in [1.165, 1.54) is 5.56 Å². The van der Waals surface area contributed by atoms with Crippen LogP contribution in [0.2, 0.25) is 0 Å². The molecule has 20 heavy (non-hydrogen) atoms. The maximum atomic E-state index is 11.1. The number of aryl methyl sites for hydroxylation is 2. The molecule has 1 aromatic carbocycles. The molecule has 2 atom stereocenters. The highest BCUT2D eigenvalue weighted by Crippen LogP contribution is 2.44. The number of hydrogen-bond donors (Lipinski definition) is 1. The number of rotatable bonds is 4. The van der Waals surface area contributed by atoms with Gasteiger partial charge in [-0.3, -0.25) is 10.1 Å². The quantitative estimate of drug-likeness (QED) is 0.686. The zero-order valence-corrected chi connectivity index (χ0v) is 11.4. The van der Waals surface area contributed by atoms with Gasteiger partial charge in [0, 0.05) is 19.0 Å². The van der Waals surface area contributed by atoms with E-state index in [0.29, 0.717) is 17.4 Å². The van der Waals surface area contributed by atoms with Crippen molar-refractivity contribution in [2.75, 3.05) is 5.32 Å². The van der Waals surface area contributed by atoms with Gasteiger partial charge in [0.15, 0.2) is 0 Å². The van der Waals surface area contributed by atoms with Gasteiger partial charge >= 0.3 is 5.69 Å². The molecule has 0 bridgehead atoms. The maximum absolute atomic E-state index is 11.1. The van der Waals surface area contributed by atoms with Crippen LogP contribution in [0.4, 0.5) is 11.5 Å². The summed E-state index contributed by atoms with van der Waals surface area (Å²) in [6.45, 7) is 1.66. The Hall–Kier alpha value is -2.37. The molecule has 104 valence electrons. The normalized spacial score (nSPS) is 20.7. The standard InChI is InChI=1S/C14H16N4O2/c1-9-13(18(19)20)14(17(2)16-9)15-12-8-11(12)10-6-4-3-5-7-10/h3-7,11-12,15H,8H2,1-2H3/t11-,12+/m0/s1. The van der Waals surface area contributed by atoms with E-state index in [2.05, 4.69) is 22.5 Å². The molecular formula is C14H16N4O2. The Morgan fingerprint density at radius 2 is 2.10 bits per heavy atom. The summed E-state index contributed by atoms with van der Waals surface area (Å²) in [4.78, 5) is 10.8. The number of nitrogens with one attached hydrogen (secondary N) is 1. The minimum absolute atomic E-state index is 0.0752. The molecule has 1 N–H and O–H groups in total. The van der Waals surface area contributed by atoms with Crippen LogP contribution < -0.4 is 5.32 Å². The van der Waals surface area contributed by atoms with E-state index >= 15 is 0 Å². The van der Waals surface area contributed by atoms with Gasteiger partial charge in [-0.25, -0.2) is 4.68 Å². The van der Waals surface area contributed by atoms with Crippen molar-refractivity contribution < 1.29 is 4.92 Å². The highest BCUT2D eigenvalue weighted by Gasteiger charge is 2.40. The van der Waals surface area contributed by atoms with Crippen LogP contribution in [0.25, 0.3) is 0 Å². The summed E-state index contributed by atoms with van der Waals surface area (Å²) in [6.07, 6.45) is 0.991. The van der Waals surface area contributed by atoms with Crippen LogP contribution in [0.5, 0.6) is 0 Å². The van der Waals surface area contributed by atoms with Crippen molar-refractivity contribution in [3.63, 3.8) is 0 Å². The van der Waals surface area contributed by atoms with Crippen molar-refractivity contribution in [2.24, 2.45) is 7.05 Å². The minimum atomic E-state index is -0.370. The van der Waals surface area contributed by atoms with E-state index in [1.807, 2.05) is 18.2 Å². The molecule has 1 fully saturated rings. The summed E-state index contributed by atoms with van der Waals surface area (Å²) in [5.41, 5.74) is 1.79. The lowest BCUT2D eigenvalue weighted by Crippen LogP contribution is -2.10. The minimum Gasteiger partial charge on any atom is -0.361 e. The van der Waals surface area contributed by atoms with E-state index < -0.39 is 0 Å². The molecule has 1 heterocycles. The van der Waals surface area contributed by atoms with Crippen LogP contribution in [0, 0.1) is 17.0 Å². The van der Waals surface area contributed by atoms with Crippen molar-refractivity contribution in [3.8, 4) is 0 Å². The average Bonchev–Trinajstić information content (AvgIpc) is 3.11. The van der Waals surface area contributed by atoms with Gasteiger partial charge in [0.25, 0.3) is 0 Å². The van der Waals surface area contributed by atoms with Crippen LogP contribution in [0.15, 0.2) is 30.3 Å². The first kappa shape index (κ1) is 12.7. The van der Waals surface area contributed by atoms with Gasteiger partial charge in [0.2, 0.25) is 5.82 Å². The number of anilines is 1. The largest absolute Gasteiger partial charge is 0.361 e. The van der Waals surface area contributed by atoms with Crippen LogP contribution in [0.3, 0.4) is 0 Å². The van der Waals surface area contributed by atoms with Crippen molar-refractivity contribution >= 4 is 11.5 Å². The fraction of sp³-hybridized carbons (Fsp3) is 0.357. The molecule has 0 spiro atoms. The van der Waals surface area contributed by atoms with Gasteiger partial charge in [-0.05, 0) is 18.9 Å². The highest BCUT2D eigenvalue weighted by atomic mass is 16.6. The van der Waals surface area contributed by atoms with Gasteiger partial charge < -0.3 is 5.32 Å². The summed E-state index contributed by atoms with van der Waals surface area (Å²) in [6, 6.07) is 10.4. The summed E-state index contributed by atoms with van der Waals surface area (Å²) < 4.78 is 1.55. The Kier molecular flexibility index (Phi) is 2.93. The van der Waals surface area contributed by atoms with Crippen molar-refractivity contribution in [3.05, 3.63) is 51.7 Å². The van der Waals surface area contributed by atoms with E-state index in [-0.39, 0.29) is 16.7 Å². The van der Waals surface area contributed by atoms with Crippen LogP contribution >= 0.6 is 0 Å². The van der Waals surface area contributed by atoms with Crippen LogP contribution in [-0.4, -0.2) is 20.7 Å². The predicted octanol–water partition coefficient (Wildman–Crippen LogP) is 2.60. The Bertz CT molecular complexity index is 651. The first-order valence-corrected chi connectivity index (χ1v) is 6.57. The molecule has 1 aromatic heterocycles. The Balaban J connectivity index is 1.79. The van der Waals surface area contributed by atoms with E-state index in [4.69, 9.17) is 0 Å². The molecule has 3 rings (SSSR count). The molecule has 1 saturated carbocycles. The second-order valence-electron chi connectivity index (χ2n) is 5.17. The molecule has 0 aliphatic heterocycles. The fourth-order valence-electron chi connectivity index (χ4n) is 2.63. The first-order chi connectivity index (χ1) is 9.58. The molecule has 0 amide bonds. The van der Waals surface area contributed by atoms with Crippen molar-refractivity contribution in [1.82, 2.24) is 9.78 Å². The summed E-state index contributed by atoms with van der Waals surface area (Å²) in [5, 5.41) is 18.5. The number of nitrogens with zero attached hydrogens (tertiary/aromatic N) is 3. The van der Waals surface area contributed by atoms with Crippen molar-refractivity contribution in [2.45, 2.75) is 25.3 Å². The third-order valence-corrected chi connectivity index (χ3v) is 3.71. The van der Waals surface area contributed by atoms with E-state index in [1.54, 1.807) is 18.7 Å². The lowest BCUT2D eigenvalue weighted by atomic mass is 10.1. The lowest BCUT2D eigenvalue weighted by molar-refractivity contribution is -0.384. The Morgan fingerprint density at radius 3 is 2.75 bits per heavy atom. The van der Waals surface area contributed by atoms with Gasteiger partial charge in [0.1, 0.15) is 5.69 Å². The molecule has 1 aliphatic carbocycles. The number of hydrogen-bond acceptors (Lipinski definition) is 4. The predicted molar refractivity (Wildman–Crippen MR) is 75.8 cm³/mol. The number of aromatic nitrogens is 2. The topological polar surface area (TPSA) is 73.0 Å². The Morgan fingerprint density at radius 1 is 1.40 bits per heavy atom. The molecule has 0 unspecified atom stereocenters. The van der Waals surface area contributed by atoms with Crippen LogP contribution in [-0.2, 0) is 7.05 Å². The van der Waals surface area contributed by atoms with Gasteiger partial charge in [-0.15, -0.1) is 0 Å². The summed E-state index contributed by atoms with van der Waals surface area (Å²) in [7, 11) is 1.72. The van der Waals surface area contributed by atoms with Crippen molar-refractivity contribution in [1.29, 1.82) is 0 Å². The molecule has 0 saturated heterocycles. The Labute approximate surface area is 116 Å². The second kappa shape index (κ2) is 4.63. The average molecular weight is 272 g/mol. The lowest BCUT2D eigenvalue weighted by Gasteiger charge is -2.05. The molecular weight excluding hydrogens is 256 g/mol. The molecule has 1 aliphatic rings. The summed E-state index contributed by atoms with van der Waals surface area (Å²) >= 11 is 0. The molecule has 6 heteroatoms. The van der Waals surface area contributed by atoms with Crippen LogP contribution in [0.1, 0.15) is 23.6 Å². The molecule has 0 radical (unpaired) electrons. The van der Waals surface area contributed by atoms with Gasteiger partial charge in [0.05, 0.1) is 4.92 Å². The first-order valence-electron chi connectivity index (χ1n) is 6.57. The molecule has 2 aromatic rings. The summed E-state index contributed by atoms with van der Waals surface area (Å²) in [5.74, 6) is 0.918. The van der Waals surface area contributed by atoms with E-state index in [0.717, 1.165) is 6.42 Å². The maximum Gasteiger partial charge on any atom is 0.333 e. The third kappa shape index (κ3) is 2.13. The van der Waals surface area contributed by atoms with Gasteiger partial charge in [-0.1, -0.05) is 30.3 Å². The monoisotopic (exact) mass is 272 g/mol. The second-order valence-corrected chi connectivity index (χ2v) is 5.17. The number of nitro groups is 1. The zero-order chi connectivity index (χ0) is 14.3. The highest BCUT2D eigenvalue weighted by molar-refractivity contribution is 5.61. The zero-order valence-electron chi connectivity index (χ0n) is 11.4. The number of benzene rings is 1. The van der Waals surface area contributed by atoms with Gasteiger partial charge in [-0.2, -0.15) is 5.10 Å². The SMILES string of the molecule is Cc1nn(C)c(N[C@@H]2C[C@H]2c2ccccc2)c1[N+](=O)[O-]. The fourth-order valence-corrected chi connectivity index (χ4v) is 2.63.